The summed E-state index contributed by atoms with van der Waals surface area (Å²) in [6.07, 6.45) is 3.40. The molecule has 68 valence electrons. The lowest BCUT2D eigenvalue weighted by Gasteiger charge is -2.21. The minimum Gasteiger partial charge on any atom is -0.0879 e. The molecule has 11 heavy (non-hydrogen) atoms. The lowest BCUT2D eigenvalue weighted by molar-refractivity contribution is 0.487. The van der Waals surface area contributed by atoms with Crippen LogP contribution in [0.4, 0.5) is 0 Å². The van der Waals surface area contributed by atoms with Crippen LogP contribution in [0.3, 0.4) is 0 Å². The third-order valence-corrected chi connectivity index (χ3v) is 1.69. The van der Waals surface area contributed by atoms with Crippen LogP contribution in [0.5, 0.6) is 0 Å². The maximum absolute atomic E-state index is 2.26. The maximum Gasteiger partial charge on any atom is -0.0173 e. The van der Waals surface area contributed by atoms with Gasteiger partial charge in [-0.1, -0.05) is 53.2 Å². The molecule has 0 nitrogen and oxygen atoms in total. The fourth-order valence-electron chi connectivity index (χ4n) is 1.17. The summed E-state index contributed by atoms with van der Waals surface area (Å²) in [6.45, 7) is 15.1. The largest absolute Gasteiger partial charge is 0.0879 e. The smallest absolute Gasteiger partial charge is 0.0173 e. The minimum absolute atomic E-state index is 0.378. The molecule has 0 aliphatic heterocycles. The molecule has 0 bridgehead atoms. The van der Waals surface area contributed by atoms with Crippen molar-refractivity contribution in [1.82, 2.24) is 0 Å². The topological polar surface area (TPSA) is 0 Å². The second kappa shape index (κ2) is 6.45. The van der Waals surface area contributed by atoms with Gasteiger partial charge in [0.15, 0.2) is 0 Å². The van der Waals surface area contributed by atoms with Crippen LogP contribution in [0, 0.1) is 5.41 Å². The Balaban J connectivity index is 0. The van der Waals surface area contributed by atoms with Gasteiger partial charge in [0.2, 0.25) is 0 Å². The van der Waals surface area contributed by atoms with E-state index in [2.05, 4.69) is 40.7 Å². The van der Waals surface area contributed by atoms with E-state index in [9.17, 15) is 0 Å². The van der Waals surface area contributed by atoms with Gasteiger partial charge < -0.3 is 0 Å². The Morgan fingerprint density at radius 2 is 1.55 bits per heavy atom. The summed E-state index contributed by atoms with van der Waals surface area (Å²) in [5.41, 5.74) is 1.92. The van der Waals surface area contributed by atoms with Crippen molar-refractivity contribution in [3.05, 3.63) is 11.6 Å². The molecule has 0 atom stereocenters. The fraction of sp³-hybridized carbons (Fsp3) is 0.818. The lowest BCUT2D eigenvalue weighted by Crippen LogP contribution is -2.07. The van der Waals surface area contributed by atoms with Gasteiger partial charge in [0.1, 0.15) is 0 Å². The van der Waals surface area contributed by atoms with Gasteiger partial charge in [0.25, 0.3) is 0 Å². The maximum atomic E-state index is 2.26. The van der Waals surface area contributed by atoms with E-state index >= 15 is 0 Å². The van der Waals surface area contributed by atoms with Crippen molar-refractivity contribution in [3.63, 3.8) is 0 Å². The van der Waals surface area contributed by atoms with Crippen LogP contribution in [0.2, 0.25) is 0 Å². The van der Waals surface area contributed by atoms with Gasteiger partial charge in [-0.2, -0.15) is 0 Å². The first kappa shape index (κ1) is 13.3. The van der Waals surface area contributed by atoms with Crippen LogP contribution in [-0.4, -0.2) is 0 Å². The second-order valence-electron chi connectivity index (χ2n) is 3.42. The number of allylic oxidation sites excluding steroid dienone is 2. The highest BCUT2D eigenvalue weighted by molar-refractivity contribution is 5.08. The Labute approximate surface area is 72.7 Å². The van der Waals surface area contributed by atoms with Crippen LogP contribution >= 0.6 is 0 Å². The van der Waals surface area contributed by atoms with Crippen LogP contribution in [0.25, 0.3) is 0 Å². The molecule has 0 aliphatic rings. The van der Waals surface area contributed by atoms with Crippen LogP contribution < -0.4 is 0 Å². The van der Waals surface area contributed by atoms with Crippen molar-refractivity contribution in [2.75, 3.05) is 0 Å². The Morgan fingerprint density at radius 3 is 1.55 bits per heavy atom. The normalized spacial score (nSPS) is 12.1. The molecule has 0 aromatic carbocycles. The van der Waals surface area contributed by atoms with Gasteiger partial charge in [-0.15, -0.1) is 0 Å². The van der Waals surface area contributed by atoms with Crippen LogP contribution in [0.15, 0.2) is 11.6 Å². The van der Waals surface area contributed by atoms with Crippen molar-refractivity contribution >= 4 is 0 Å². The monoisotopic (exact) mass is 156 g/mol. The van der Waals surface area contributed by atoms with Crippen LogP contribution in [0.1, 0.15) is 54.9 Å². The molecule has 0 unspecified atom stereocenters. The molecule has 0 aliphatic carbocycles. The molecule has 0 fully saturated rings. The summed E-state index contributed by atoms with van der Waals surface area (Å²) >= 11 is 0. The van der Waals surface area contributed by atoms with Gasteiger partial charge in [-0.05, 0) is 18.8 Å². The predicted molar refractivity (Wildman–Crippen MR) is 54.9 cm³/mol. The summed E-state index contributed by atoms with van der Waals surface area (Å²) in [6, 6.07) is 0. The highest BCUT2D eigenvalue weighted by Crippen LogP contribution is 2.26. The number of hydrogen-bond donors (Lipinski definition) is 0. The zero-order chi connectivity index (χ0) is 9.49. The number of rotatable bonds is 1. The molecule has 0 saturated heterocycles. The van der Waals surface area contributed by atoms with Crippen molar-refractivity contribution in [2.45, 2.75) is 54.9 Å². The molecule has 0 heterocycles. The molecule has 0 aromatic heterocycles. The summed E-state index contributed by atoms with van der Waals surface area (Å²) < 4.78 is 0. The van der Waals surface area contributed by atoms with E-state index in [1.807, 2.05) is 13.8 Å². The zero-order valence-electron chi connectivity index (χ0n) is 9.28. The van der Waals surface area contributed by atoms with Crippen molar-refractivity contribution < 1.29 is 0 Å². The van der Waals surface area contributed by atoms with E-state index in [1.54, 1.807) is 5.57 Å². The van der Waals surface area contributed by atoms with E-state index in [0.717, 1.165) is 0 Å². The van der Waals surface area contributed by atoms with Gasteiger partial charge in [0.05, 0.1) is 0 Å². The Hall–Kier alpha value is -0.260. The van der Waals surface area contributed by atoms with E-state index in [-0.39, 0.29) is 0 Å². The summed E-state index contributed by atoms with van der Waals surface area (Å²) in [4.78, 5) is 0. The molecular weight excluding hydrogens is 132 g/mol. The third-order valence-electron chi connectivity index (χ3n) is 1.69. The average Bonchev–Trinajstić information content (AvgIpc) is 1.92. The molecule has 0 heteroatoms. The molecule has 0 N–H and O–H groups in total. The first-order chi connectivity index (χ1) is 5.02. The molecule has 0 amide bonds. The van der Waals surface area contributed by atoms with E-state index < -0.39 is 0 Å². The van der Waals surface area contributed by atoms with Crippen LogP contribution in [-0.2, 0) is 0 Å². The Morgan fingerprint density at radius 1 is 1.18 bits per heavy atom. The van der Waals surface area contributed by atoms with Crippen molar-refractivity contribution in [3.8, 4) is 0 Å². The summed E-state index contributed by atoms with van der Waals surface area (Å²) in [5, 5.41) is 0. The highest BCUT2D eigenvalue weighted by Gasteiger charge is 2.12. The predicted octanol–water partition coefficient (Wildman–Crippen LogP) is 4.42. The van der Waals surface area contributed by atoms with Crippen molar-refractivity contribution in [1.29, 1.82) is 0 Å². The number of hydrogen-bond acceptors (Lipinski definition) is 0. The van der Waals surface area contributed by atoms with E-state index in [0.29, 0.717) is 5.41 Å². The molecule has 0 rings (SSSR count). The summed E-state index contributed by atoms with van der Waals surface area (Å²) in [5.74, 6) is 0. The minimum atomic E-state index is 0.378. The molecular formula is C11H24. The standard InChI is InChI=1S/C9H18.C2H6/c1-6-8(7-2)9(3,4)5;1-2/h6H,7H2,1-5H3;1-2H3/b8-6+;. The Kier molecular flexibility index (Phi) is 7.82. The lowest BCUT2D eigenvalue weighted by atomic mass is 9.85. The first-order valence-electron chi connectivity index (χ1n) is 4.68. The Bertz CT molecular complexity index is 102. The average molecular weight is 156 g/mol. The van der Waals surface area contributed by atoms with Gasteiger partial charge in [-0.3, -0.25) is 0 Å². The fourth-order valence-corrected chi connectivity index (χ4v) is 1.17. The second-order valence-corrected chi connectivity index (χ2v) is 3.42. The molecule has 0 saturated carbocycles. The highest BCUT2D eigenvalue weighted by atomic mass is 14.2. The first-order valence-corrected chi connectivity index (χ1v) is 4.68. The quantitative estimate of drug-likeness (QED) is 0.493. The summed E-state index contributed by atoms with van der Waals surface area (Å²) in [7, 11) is 0. The molecule has 0 spiro atoms. The zero-order valence-corrected chi connectivity index (χ0v) is 9.28. The van der Waals surface area contributed by atoms with E-state index in [4.69, 9.17) is 0 Å². The van der Waals surface area contributed by atoms with E-state index in [1.165, 1.54) is 6.42 Å². The SMILES string of the molecule is C/C=C(\CC)C(C)(C)C.CC. The van der Waals surface area contributed by atoms with Gasteiger partial charge in [-0.25, -0.2) is 0 Å². The molecule has 0 radical (unpaired) electrons. The van der Waals surface area contributed by atoms with Gasteiger partial charge >= 0.3 is 0 Å². The molecule has 0 aromatic rings. The van der Waals surface area contributed by atoms with Gasteiger partial charge in [0, 0.05) is 0 Å². The third kappa shape index (κ3) is 6.15. The van der Waals surface area contributed by atoms with Crippen molar-refractivity contribution in [2.24, 2.45) is 5.41 Å².